The van der Waals surface area contributed by atoms with E-state index in [1.165, 1.54) is 4.90 Å². The summed E-state index contributed by atoms with van der Waals surface area (Å²) in [6, 6.07) is 10.6. The minimum Gasteiger partial charge on any atom is -0.444 e. The van der Waals surface area contributed by atoms with E-state index in [1.54, 1.807) is 20.8 Å². The van der Waals surface area contributed by atoms with Gasteiger partial charge in [-0.25, -0.2) is 4.79 Å². The summed E-state index contributed by atoms with van der Waals surface area (Å²) in [5.74, 6) is -1.70. The van der Waals surface area contributed by atoms with Crippen LogP contribution >= 0.6 is 0 Å². The first-order chi connectivity index (χ1) is 18.3. The van der Waals surface area contributed by atoms with Crippen molar-refractivity contribution in [1.82, 2.24) is 10.2 Å². The fourth-order valence-electron chi connectivity index (χ4n) is 4.73. The molecule has 4 N–H and O–H groups in total. The van der Waals surface area contributed by atoms with Crippen molar-refractivity contribution in [2.45, 2.75) is 91.0 Å². The van der Waals surface area contributed by atoms with Crippen molar-refractivity contribution in [3.05, 3.63) is 64.7 Å². The van der Waals surface area contributed by atoms with Crippen molar-refractivity contribution in [1.29, 1.82) is 0 Å². The molecule has 4 amide bonds. The Morgan fingerprint density at radius 2 is 1.56 bits per heavy atom. The number of anilines is 1. The van der Waals surface area contributed by atoms with Crippen LogP contribution in [0, 0.1) is 20.8 Å². The highest BCUT2D eigenvalue weighted by molar-refractivity contribution is 6.00. The Labute approximate surface area is 230 Å². The summed E-state index contributed by atoms with van der Waals surface area (Å²) in [5, 5.41) is 5.59. The molecule has 0 saturated heterocycles. The second kappa shape index (κ2) is 12.3. The molecule has 3 rings (SSSR count). The maximum absolute atomic E-state index is 14.2. The topological polar surface area (TPSA) is 131 Å². The first kappa shape index (κ1) is 29.7. The molecule has 2 aromatic rings. The number of para-hydroxylation sites is 1. The number of hydrogen-bond donors (Lipinski definition) is 3. The van der Waals surface area contributed by atoms with E-state index in [9.17, 15) is 19.2 Å². The maximum Gasteiger partial charge on any atom is 0.408 e. The Bertz CT molecular complexity index is 1210. The third-order valence-corrected chi connectivity index (χ3v) is 6.86. The van der Waals surface area contributed by atoms with Crippen LogP contribution in [0.2, 0.25) is 0 Å². The first-order valence-corrected chi connectivity index (χ1v) is 13.3. The largest absolute Gasteiger partial charge is 0.444 e. The maximum atomic E-state index is 14.2. The summed E-state index contributed by atoms with van der Waals surface area (Å²) in [7, 11) is 0. The number of primary amides is 1. The van der Waals surface area contributed by atoms with Crippen molar-refractivity contribution in [2.24, 2.45) is 5.73 Å². The molecule has 1 aliphatic rings. The van der Waals surface area contributed by atoms with E-state index >= 15 is 0 Å². The third-order valence-electron chi connectivity index (χ3n) is 6.86. The van der Waals surface area contributed by atoms with Crippen molar-refractivity contribution in [3.63, 3.8) is 0 Å². The van der Waals surface area contributed by atoms with Crippen LogP contribution in [0.4, 0.5) is 10.5 Å². The summed E-state index contributed by atoms with van der Waals surface area (Å²) >= 11 is 0. The van der Waals surface area contributed by atoms with E-state index in [1.807, 2.05) is 63.2 Å². The summed E-state index contributed by atoms with van der Waals surface area (Å²) < 4.78 is 5.35. The Kier molecular flexibility index (Phi) is 9.37. The average molecular weight is 537 g/mol. The zero-order chi connectivity index (χ0) is 28.9. The predicted octanol–water partition coefficient (Wildman–Crippen LogP) is 4.44. The van der Waals surface area contributed by atoms with Crippen molar-refractivity contribution < 1.29 is 23.9 Å². The normalized spacial score (nSPS) is 14.9. The van der Waals surface area contributed by atoms with Gasteiger partial charge < -0.3 is 26.0 Å². The Morgan fingerprint density at radius 3 is 2.08 bits per heavy atom. The standard InChI is InChI=1S/C30H40N4O5/c1-18-11-7-8-16-22(18)26(27(36)33-25-19(2)12-9-13-20(25)3)34(21-14-10-15-21)28(37)23(17-24(31)35)32-29(38)39-30(4,5)6/h7-9,11-13,16,21,23,26H,10,14-15,17H2,1-6H3,(H2,31,35)(H,32,38)(H,33,36). The number of benzene rings is 2. The third kappa shape index (κ3) is 7.59. The SMILES string of the molecule is Cc1ccccc1C(C(=O)Nc1c(C)cccc1C)N(C(=O)C(CC(N)=O)NC(=O)OC(C)(C)C)C1CCC1. The number of amides is 4. The predicted molar refractivity (Wildman–Crippen MR) is 150 cm³/mol. The second-order valence-corrected chi connectivity index (χ2v) is 11.2. The van der Waals surface area contributed by atoms with E-state index in [4.69, 9.17) is 10.5 Å². The molecule has 210 valence electrons. The van der Waals surface area contributed by atoms with E-state index in [0.29, 0.717) is 24.1 Å². The number of ether oxygens (including phenoxy) is 1. The number of nitrogens with one attached hydrogen (secondary N) is 2. The van der Waals surface area contributed by atoms with Gasteiger partial charge in [-0.2, -0.15) is 0 Å². The number of hydrogen-bond acceptors (Lipinski definition) is 5. The Balaban J connectivity index is 2.07. The summed E-state index contributed by atoms with van der Waals surface area (Å²) in [6.45, 7) is 10.8. The van der Waals surface area contributed by atoms with Crippen LogP contribution in [-0.2, 0) is 19.1 Å². The lowest BCUT2D eigenvalue weighted by Crippen LogP contribution is -2.57. The summed E-state index contributed by atoms with van der Waals surface area (Å²) in [6.07, 6.45) is 1.01. The first-order valence-electron chi connectivity index (χ1n) is 13.3. The molecule has 9 heteroatoms. The van der Waals surface area contributed by atoms with Crippen LogP contribution in [0.5, 0.6) is 0 Å². The average Bonchev–Trinajstić information content (AvgIpc) is 2.78. The Morgan fingerprint density at radius 1 is 0.974 bits per heavy atom. The van der Waals surface area contributed by atoms with Crippen molar-refractivity contribution >= 4 is 29.5 Å². The van der Waals surface area contributed by atoms with E-state index in [-0.39, 0.29) is 11.9 Å². The highest BCUT2D eigenvalue weighted by Crippen LogP contribution is 2.36. The van der Waals surface area contributed by atoms with E-state index in [0.717, 1.165) is 23.1 Å². The molecule has 0 bridgehead atoms. The number of nitrogens with zero attached hydrogens (tertiary/aromatic N) is 1. The lowest BCUT2D eigenvalue weighted by Gasteiger charge is -2.44. The number of aryl methyl sites for hydroxylation is 3. The van der Waals surface area contributed by atoms with E-state index < -0.39 is 42.0 Å². The minimum atomic E-state index is -1.29. The molecule has 0 spiro atoms. The zero-order valence-corrected chi connectivity index (χ0v) is 23.7. The fourth-order valence-corrected chi connectivity index (χ4v) is 4.73. The highest BCUT2D eigenvalue weighted by atomic mass is 16.6. The van der Waals surface area contributed by atoms with Gasteiger partial charge in [0.2, 0.25) is 11.8 Å². The molecule has 0 aliphatic heterocycles. The van der Waals surface area contributed by atoms with Crippen LogP contribution in [0.25, 0.3) is 0 Å². The minimum absolute atomic E-state index is 0.248. The number of alkyl carbamates (subject to hydrolysis) is 1. The summed E-state index contributed by atoms with van der Waals surface area (Å²) in [5.41, 5.74) is 8.64. The number of rotatable bonds is 9. The van der Waals surface area contributed by atoms with Gasteiger partial charge >= 0.3 is 6.09 Å². The number of nitrogens with two attached hydrogens (primary N) is 1. The van der Waals surface area contributed by atoms with Crippen molar-refractivity contribution in [2.75, 3.05) is 5.32 Å². The molecular formula is C30H40N4O5. The molecule has 0 aromatic heterocycles. The molecule has 39 heavy (non-hydrogen) atoms. The smallest absolute Gasteiger partial charge is 0.408 e. The fraction of sp³-hybridized carbons (Fsp3) is 0.467. The molecule has 9 nitrogen and oxygen atoms in total. The van der Waals surface area contributed by atoms with Gasteiger partial charge in [0.25, 0.3) is 5.91 Å². The molecule has 1 aliphatic carbocycles. The zero-order valence-electron chi connectivity index (χ0n) is 23.7. The highest BCUT2D eigenvalue weighted by Gasteiger charge is 2.43. The van der Waals surface area contributed by atoms with Gasteiger partial charge in [0.15, 0.2) is 0 Å². The van der Waals surface area contributed by atoms with Gasteiger partial charge in [-0.05, 0) is 83.1 Å². The van der Waals surface area contributed by atoms with Crippen LogP contribution in [0.3, 0.4) is 0 Å². The van der Waals surface area contributed by atoms with Crippen LogP contribution in [0.15, 0.2) is 42.5 Å². The molecule has 2 atom stereocenters. The molecule has 2 unspecified atom stereocenters. The quantitative estimate of drug-likeness (QED) is 0.436. The molecule has 1 saturated carbocycles. The number of carbonyl (C=O) groups excluding carboxylic acids is 4. The molecule has 0 heterocycles. The van der Waals surface area contributed by atoms with Gasteiger partial charge in [-0.15, -0.1) is 0 Å². The van der Waals surface area contributed by atoms with E-state index in [2.05, 4.69) is 10.6 Å². The molecule has 0 radical (unpaired) electrons. The van der Waals surface area contributed by atoms with Crippen LogP contribution < -0.4 is 16.4 Å². The molecule has 1 fully saturated rings. The monoisotopic (exact) mass is 536 g/mol. The molecule has 2 aromatic carbocycles. The van der Waals surface area contributed by atoms with Gasteiger partial charge in [0, 0.05) is 11.7 Å². The number of carbonyl (C=O) groups is 4. The lowest BCUT2D eigenvalue weighted by atomic mass is 9.87. The summed E-state index contributed by atoms with van der Waals surface area (Å²) in [4.78, 5) is 54.5. The lowest BCUT2D eigenvalue weighted by molar-refractivity contribution is -0.146. The Hall–Kier alpha value is -3.88. The van der Waals surface area contributed by atoms with Gasteiger partial charge in [0.05, 0.1) is 6.42 Å². The van der Waals surface area contributed by atoms with Crippen molar-refractivity contribution in [3.8, 4) is 0 Å². The molecular weight excluding hydrogens is 496 g/mol. The second-order valence-electron chi connectivity index (χ2n) is 11.2. The van der Waals surface area contributed by atoms with Crippen LogP contribution in [0.1, 0.15) is 74.8 Å². The van der Waals surface area contributed by atoms with Crippen LogP contribution in [-0.4, -0.2) is 46.4 Å². The van der Waals surface area contributed by atoms with Gasteiger partial charge in [0.1, 0.15) is 17.7 Å². The van der Waals surface area contributed by atoms with Gasteiger partial charge in [-0.1, -0.05) is 42.5 Å². The van der Waals surface area contributed by atoms with Gasteiger partial charge in [-0.3, -0.25) is 14.4 Å².